The van der Waals surface area contributed by atoms with Gasteiger partial charge in [0.1, 0.15) is 6.10 Å². The number of ether oxygens (including phenoxy) is 1. The molecule has 1 saturated heterocycles. The lowest BCUT2D eigenvalue weighted by Crippen LogP contribution is -2.48. The number of aliphatic hydroxyl groups is 1. The quantitative estimate of drug-likeness (QED) is 0.876. The first-order valence-electron chi connectivity index (χ1n) is 6.39. The maximum absolute atomic E-state index is 12.2. The minimum atomic E-state index is -0.505. The minimum absolute atomic E-state index is 0.0288. The molecule has 0 bridgehead atoms. The molecule has 2 rings (SSSR count). The zero-order chi connectivity index (χ0) is 13.0. The van der Waals surface area contributed by atoms with Crippen LogP contribution in [0.15, 0.2) is 24.3 Å². The van der Waals surface area contributed by atoms with E-state index in [1.54, 1.807) is 4.90 Å². The van der Waals surface area contributed by atoms with Crippen LogP contribution in [0.2, 0.25) is 0 Å². The molecule has 1 aliphatic rings. The van der Waals surface area contributed by atoms with Crippen molar-refractivity contribution in [2.75, 3.05) is 24.7 Å². The summed E-state index contributed by atoms with van der Waals surface area (Å²) in [4.78, 5) is 13.9. The highest BCUT2D eigenvalue weighted by Crippen LogP contribution is 2.20. The van der Waals surface area contributed by atoms with Gasteiger partial charge in [0.2, 0.25) is 0 Å². The molecule has 1 aliphatic heterocycles. The molecule has 0 spiro atoms. The number of aryl methyl sites for hydroxylation is 1. The molecule has 1 heterocycles. The molecular formula is C14H19NO3. The number of nitrogens with zero attached hydrogens (tertiary/aromatic N) is 1. The summed E-state index contributed by atoms with van der Waals surface area (Å²) in [5.41, 5.74) is 2.16. The van der Waals surface area contributed by atoms with Crippen LogP contribution < -0.4 is 4.90 Å². The van der Waals surface area contributed by atoms with E-state index in [-0.39, 0.29) is 12.5 Å². The number of amides is 1. The van der Waals surface area contributed by atoms with Gasteiger partial charge < -0.3 is 14.7 Å². The zero-order valence-electron chi connectivity index (χ0n) is 10.6. The van der Waals surface area contributed by atoms with Crippen LogP contribution in [0.4, 0.5) is 5.69 Å². The molecule has 1 aromatic carbocycles. The van der Waals surface area contributed by atoms with Crippen molar-refractivity contribution in [2.45, 2.75) is 25.9 Å². The molecule has 1 atom stereocenters. The molecule has 18 heavy (non-hydrogen) atoms. The normalized spacial score (nSPS) is 20.2. The standard InChI is InChI=1S/C14H19NO3/c1-2-11-3-5-12(6-4-11)15-8-10-18-13(7-9-16)14(15)17/h3-6,13,16H,2,7-10H2,1H3. The predicted octanol–water partition coefficient (Wildman–Crippen LogP) is 1.36. The van der Waals surface area contributed by atoms with Crippen molar-refractivity contribution in [1.29, 1.82) is 0 Å². The Kier molecular flexibility index (Phi) is 4.33. The zero-order valence-corrected chi connectivity index (χ0v) is 10.6. The van der Waals surface area contributed by atoms with Crippen molar-refractivity contribution in [3.63, 3.8) is 0 Å². The van der Waals surface area contributed by atoms with Crippen LogP contribution in [0.1, 0.15) is 18.9 Å². The topological polar surface area (TPSA) is 49.8 Å². The number of carbonyl (C=O) groups is 1. The van der Waals surface area contributed by atoms with Crippen molar-refractivity contribution >= 4 is 11.6 Å². The van der Waals surface area contributed by atoms with Crippen LogP contribution in [-0.2, 0) is 16.0 Å². The van der Waals surface area contributed by atoms with Gasteiger partial charge in [-0.2, -0.15) is 0 Å². The fourth-order valence-corrected chi connectivity index (χ4v) is 2.13. The van der Waals surface area contributed by atoms with Gasteiger partial charge in [-0.25, -0.2) is 0 Å². The van der Waals surface area contributed by atoms with E-state index in [9.17, 15) is 4.79 Å². The van der Waals surface area contributed by atoms with Crippen molar-refractivity contribution in [2.24, 2.45) is 0 Å². The van der Waals surface area contributed by atoms with Gasteiger partial charge >= 0.3 is 0 Å². The SMILES string of the molecule is CCc1ccc(N2CCOC(CCO)C2=O)cc1. The Morgan fingerprint density at radius 3 is 2.72 bits per heavy atom. The third kappa shape index (κ3) is 2.71. The molecule has 98 valence electrons. The molecule has 0 radical (unpaired) electrons. The molecule has 4 nitrogen and oxygen atoms in total. The molecule has 0 saturated carbocycles. The molecule has 0 aromatic heterocycles. The molecule has 0 aliphatic carbocycles. The number of hydrogen-bond donors (Lipinski definition) is 1. The van der Waals surface area contributed by atoms with Gasteiger partial charge in [0, 0.05) is 25.3 Å². The van der Waals surface area contributed by atoms with Gasteiger partial charge in [-0.3, -0.25) is 4.79 Å². The second-order valence-electron chi connectivity index (χ2n) is 4.38. The summed E-state index contributed by atoms with van der Waals surface area (Å²) < 4.78 is 5.38. The van der Waals surface area contributed by atoms with Gasteiger partial charge in [-0.05, 0) is 24.1 Å². The highest BCUT2D eigenvalue weighted by molar-refractivity contribution is 5.97. The highest BCUT2D eigenvalue weighted by Gasteiger charge is 2.29. The van der Waals surface area contributed by atoms with Crippen LogP contribution in [0.25, 0.3) is 0 Å². The summed E-state index contributed by atoms with van der Waals surface area (Å²) in [6, 6.07) is 8.02. The first-order chi connectivity index (χ1) is 8.76. The van der Waals surface area contributed by atoms with Crippen LogP contribution in [0.5, 0.6) is 0 Å². The van der Waals surface area contributed by atoms with E-state index in [2.05, 4.69) is 6.92 Å². The van der Waals surface area contributed by atoms with E-state index in [1.807, 2.05) is 24.3 Å². The minimum Gasteiger partial charge on any atom is -0.396 e. The van der Waals surface area contributed by atoms with Crippen LogP contribution >= 0.6 is 0 Å². The average Bonchev–Trinajstić information content (AvgIpc) is 2.42. The summed E-state index contributed by atoms with van der Waals surface area (Å²) in [5.74, 6) is -0.0560. The lowest BCUT2D eigenvalue weighted by atomic mass is 10.1. The summed E-state index contributed by atoms with van der Waals surface area (Å²) in [6.07, 6.45) is 0.849. The van der Waals surface area contributed by atoms with Crippen molar-refractivity contribution in [3.05, 3.63) is 29.8 Å². The smallest absolute Gasteiger partial charge is 0.256 e. The van der Waals surface area contributed by atoms with E-state index in [0.717, 1.165) is 12.1 Å². The number of aliphatic hydroxyl groups excluding tert-OH is 1. The fourth-order valence-electron chi connectivity index (χ4n) is 2.13. The molecule has 1 N–H and O–H groups in total. The Morgan fingerprint density at radius 1 is 1.39 bits per heavy atom. The Hall–Kier alpha value is -1.39. The van der Waals surface area contributed by atoms with Crippen molar-refractivity contribution < 1.29 is 14.6 Å². The third-order valence-corrected chi connectivity index (χ3v) is 3.22. The predicted molar refractivity (Wildman–Crippen MR) is 69.6 cm³/mol. The number of morpholine rings is 1. The third-order valence-electron chi connectivity index (χ3n) is 3.22. The second kappa shape index (κ2) is 5.98. The van der Waals surface area contributed by atoms with Crippen molar-refractivity contribution in [1.82, 2.24) is 0 Å². The van der Waals surface area contributed by atoms with E-state index in [1.165, 1.54) is 5.56 Å². The van der Waals surface area contributed by atoms with Crippen LogP contribution in [-0.4, -0.2) is 36.9 Å². The first kappa shape index (κ1) is 13.1. The summed E-state index contributed by atoms with van der Waals surface area (Å²) >= 11 is 0. The second-order valence-corrected chi connectivity index (χ2v) is 4.38. The lowest BCUT2D eigenvalue weighted by molar-refractivity contribution is -0.134. The number of hydrogen-bond acceptors (Lipinski definition) is 3. The van der Waals surface area contributed by atoms with Crippen LogP contribution in [0, 0.1) is 0 Å². The largest absolute Gasteiger partial charge is 0.396 e. The van der Waals surface area contributed by atoms with Gasteiger partial charge in [0.25, 0.3) is 5.91 Å². The fraction of sp³-hybridized carbons (Fsp3) is 0.500. The van der Waals surface area contributed by atoms with E-state index < -0.39 is 6.10 Å². The number of rotatable bonds is 4. The molecular weight excluding hydrogens is 230 g/mol. The van der Waals surface area contributed by atoms with Gasteiger partial charge in [0.05, 0.1) is 6.61 Å². The van der Waals surface area contributed by atoms with E-state index in [0.29, 0.717) is 19.6 Å². The Morgan fingerprint density at radius 2 is 2.11 bits per heavy atom. The van der Waals surface area contributed by atoms with Crippen LogP contribution in [0.3, 0.4) is 0 Å². The monoisotopic (exact) mass is 249 g/mol. The Bertz CT molecular complexity index is 400. The van der Waals surface area contributed by atoms with Crippen molar-refractivity contribution in [3.8, 4) is 0 Å². The molecule has 1 amide bonds. The number of anilines is 1. The maximum Gasteiger partial charge on any atom is 0.256 e. The number of carbonyl (C=O) groups excluding carboxylic acids is 1. The maximum atomic E-state index is 12.2. The summed E-state index contributed by atoms with van der Waals surface area (Å²) in [5, 5.41) is 8.91. The molecule has 1 unspecified atom stereocenters. The Labute approximate surface area is 107 Å². The van der Waals surface area contributed by atoms with Gasteiger partial charge in [-0.15, -0.1) is 0 Å². The van der Waals surface area contributed by atoms with Gasteiger partial charge in [0.15, 0.2) is 0 Å². The summed E-state index contributed by atoms with van der Waals surface area (Å²) in [6.45, 7) is 3.17. The molecule has 1 fully saturated rings. The lowest BCUT2D eigenvalue weighted by Gasteiger charge is -2.32. The van der Waals surface area contributed by atoms with E-state index in [4.69, 9.17) is 9.84 Å². The number of benzene rings is 1. The summed E-state index contributed by atoms with van der Waals surface area (Å²) in [7, 11) is 0. The molecule has 4 heteroatoms. The first-order valence-corrected chi connectivity index (χ1v) is 6.39. The average molecular weight is 249 g/mol. The Balaban J connectivity index is 2.13. The highest BCUT2D eigenvalue weighted by atomic mass is 16.5. The van der Waals surface area contributed by atoms with E-state index >= 15 is 0 Å². The molecule has 1 aromatic rings. The van der Waals surface area contributed by atoms with Gasteiger partial charge in [-0.1, -0.05) is 19.1 Å².